The molecule has 120 valence electrons. The summed E-state index contributed by atoms with van der Waals surface area (Å²) >= 11 is 1.49. The van der Waals surface area contributed by atoms with Crippen LogP contribution in [-0.4, -0.2) is 16.8 Å². The van der Waals surface area contributed by atoms with Gasteiger partial charge in [0.05, 0.1) is 0 Å². The topological polar surface area (TPSA) is 46.6 Å². The van der Waals surface area contributed by atoms with Gasteiger partial charge >= 0.3 is 5.97 Å². The molecule has 1 atom stereocenters. The van der Waals surface area contributed by atoms with Gasteiger partial charge in [-0.15, -0.1) is 11.8 Å². The molecule has 0 bridgehead atoms. The highest BCUT2D eigenvalue weighted by Crippen LogP contribution is 2.45. The lowest BCUT2D eigenvalue weighted by atomic mass is 10.1. The van der Waals surface area contributed by atoms with Crippen molar-refractivity contribution in [3.63, 3.8) is 0 Å². The van der Waals surface area contributed by atoms with E-state index in [4.69, 9.17) is 4.74 Å². The van der Waals surface area contributed by atoms with Crippen molar-refractivity contribution in [3.8, 4) is 0 Å². The van der Waals surface area contributed by atoms with Gasteiger partial charge in [0.15, 0.2) is 0 Å². The van der Waals surface area contributed by atoms with Crippen molar-refractivity contribution in [3.05, 3.63) is 76.2 Å². The van der Waals surface area contributed by atoms with Crippen LogP contribution in [-0.2, 0) is 16.1 Å². The molecule has 0 saturated carbocycles. The summed E-state index contributed by atoms with van der Waals surface area (Å²) in [5.41, 5.74) is 3.57. The zero-order chi connectivity index (χ0) is 16.7. The quantitative estimate of drug-likeness (QED) is 0.739. The van der Waals surface area contributed by atoms with Gasteiger partial charge in [-0.3, -0.25) is 9.59 Å². The van der Waals surface area contributed by atoms with Crippen LogP contribution >= 0.6 is 11.8 Å². The summed E-state index contributed by atoms with van der Waals surface area (Å²) in [4.78, 5) is 26.1. The number of fused-ring (bicyclic) bond motifs is 4. The molecule has 2 aliphatic rings. The number of ether oxygens (including phenoxy) is 1. The van der Waals surface area contributed by atoms with Gasteiger partial charge in [-0.25, -0.2) is 0 Å². The highest BCUT2D eigenvalue weighted by Gasteiger charge is 2.37. The molecule has 4 rings (SSSR count). The first kappa shape index (κ1) is 15.0. The molecule has 0 aliphatic carbocycles. The largest absolute Gasteiger partial charge is 0.426 e. The average molecular weight is 337 g/mol. The number of amides is 1. The molecule has 2 aromatic rings. The Balaban J connectivity index is 1.82. The van der Waals surface area contributed by atoms with Crippen LogP contribution in [0.2, 0.25) is 0 Å². The molecule has 1 unspecified atom stereocenters. The highest BCUT2D eigenvalue weighted by atomic mass is 32.2. The van der Waals surface area contributed by atoms with E-state index in [1.165, 1.54) is 18.7 Å². The minimum atomic E-state index is -0.350. The predicted molar refractivity (Wildman–Crippen MR) is 92.8 cm³/mol. The number of esters is 1. The van der Waals surface area contributed by atoms with Gasteiger partial charge in [0, 0.05) is 30.0 Å². The number of hydrogen-bond donors (Lipinski definition) is 0. The number of carbonyl (C=O) groups is 2. The summed E-state index contributed by atoms with van der Waals surface area (Å²) in [6.07, 6.45) is 0. The van der Waals surface area contributed by atoms with Crippen LogP contribution in [0.15, 0.2) is 53.9 Å². The first-order chi connectivity index (χ1) is 11.6. The second-order valence-electron chi connectivity index (χ2n) is 5.74. The molecule has 0 spiro atoms. The van der Waals surface area contributed by atoms with Crippen LogP contribution in [0, 0.1) is 0 Å². The van der Waals surface area contributed by atoms with E-state index in [1.807, 2.05) is 58.8 Å². The lowest BCUT2D eigenvalue weighted by Gasteiger charge is -2.27. The smallest absolute Gasteiger partial charge is 0.308 e. The third kappa shape index (κ3) is 2.41. The van der Waals surface area contributed by atoms with E-state index >= 15 is 0 Å². The third-order valence-electron chi connectivity index (χ3n) is 4.18. The second kappa shape index (κ2) is 5.83. The number of thioether (sulfide) groups is 1. The summed E-state index contributed by atoms with van der Waals surface area (Å²) < 4.78 is 5.41. The number of rotatable bonds is 1. The van der Waals surface area contributed by atoms with Gasteiger partial charge < -0.3 is 9.64 Å². The minimum Gasteiger partial charge on any atom is -0.426 e. The van der Waals surface area contributed by atoms with Crippen LogP contribution < -0.4 is 0 Å². The molecule has 0 fully saturated rings. The Morgan fingerprint density at radius 2 is 1.83 bits per heavy atom. The Morgan fingerprint density at radius 1 is 1.12 bits per heavy atom. The molecule has 0 radical (unpaired) electrons. The van der Waals surface area contributed by atoms with Crippen LogP contribution in [0.5, 0.6) is 0 Å². The van der Waals surface area contributed by atoms with Crippen molar-refractivity contribution >= 4 is 29.4 Å². The maximum atomic E-state index is 12.8. The zero-order valence-corrected chi connectivity index (χ0v) is 13.9. The molecular formula is C19H15NO3S. The first-order valence-corrected chi connectivity index (χ1v) is 8.61. The molecule has 1 amide bonds. The predicted octanol–water partition coefficient (Wildman–Crippen LogP) is 3.95. The zero-order valence-electron chi connectivity index (χ0n) is 13.1. The Labute approximate surface area is 144 Å². The summed E-state index contributed by atoms with van der Waals surface area (Å²) in [6.45, 7) is 1.88. The summed E-state index contributed by atoms with van der Waals surface area (Å²) in [5.74, 6) is 0.235. The molecule has 2 heterocycles. The number of carbonyl (C=O) groups excluding carboxylic acids is 2. The van der Waals surface area contributed by atoms with Crippen molar-refractivity contribution in [2.24, 2.45) is 0 Å². The molecule has 2 aromatic carbocycles. The van der Waals surface area contributed by atoms with E-state index in [1.54, 1.807) is 0 Å². The lowest BCUT2D eigenvalue weighted by Crippen LogP contribution is -2.27. The summed E-state index contributed by atoms with van der Waals surface area (Å²) in [5, 5.41) is 1.74. The van der Waals surface area contributed by atoms with Crippen LogP contribution in [0.25, 0.3) is 5.76 Å². The molecule has 0 saturated heterocycles. The van der Waals surface area contributed by atoms with Crippen molar-refractivity contribution in [1.29, 1.82) is 0 Å². The fraction of sp³-hybridized carbons (Fsp3) is 0.158. The van der Waals surface area contributed by atoms with E-state index in [2.05, 4.69) is 0 Å². The fourth-order valence-corrected chi connectivity index (χ4v) is 4.24. The number of benzene rings is 2. The SMILES string of the molecule is CC(=O)O/C1=C/SC2c3ccccc3C(=O)N2Cc2ccccc21. The maximum Gasteiger partial charge on any atom is 0.308 e. The molecule has 0 aromatic heterocycles. The van der Waals surface area contributed by atoms with E-state index in [0.717, 1.165) is 22.3 Å². The van der Waals surface area contributed by atoms with Crippen LogP contribution in [0.3, 0.4) is 0 Å². The maximum absolute atomic E-state index is 12.8. The van der Waals surface area contributed by atoms with Gasteiger partial charge in [0.25, 0.3) is 5.91 Å². The standard InChI is InChI=1S/C19H15NO3S/c1-12(21)23-17-11-24-19-16-9-5-4-8-15(16)18(22)20(19)10-13-6-2-3-7-14(13)17/h2-9,11,19H,10H2,1H3/b17-11+. The molecule has 5 heteroatoms. The third-order valence-corrected chi connectivity index (χ3v) is 5.30. The summed E-state index contributed by atoms with van der Waals surface area (Å²) in [7, 11) is 0. The Hall–Kier alpha value is -2.53. The average Bonchev–Trinajstić information content (AvgIpc) is 2.82. The van der Waals surface area contributed by atoms with E-state index in [9.17, 15) is 9.59 Å². The monoisotopic (exact) mass is 337 g/mol. The van der Waals surface area contributed by atoms with Gasteiger partial charge in [0.1, 0.15) is 11.1 Å². The highest BCUT2D eigenvalue weighted by molar-refractivity contribution is 8.02. The normalized spacial score (nSPS) is 20.9. The van der Waals surface area contributed by atoms with E-state index in [0.29, 0.717) is 12.3 Å². The van der Waals surface area contributed by atoms with Crippen molar-refractivity contribution < 1.29 is 14.3 Å². The molecule has 24 heavy (non-hydrogen) atoms. The molecular weight excluding hydrogens is 322 g/mol. The lowest BCUT2D eigenvalue weighted by molar-refractivity contribution is -0.134. The Kier molecular flexibility index (Phi) is 3.65. The van der Waals surface area contributed by atoms with E-state index in [-0.39, 0.29) is 17.3 Å². The fourth-order valence-electron chi connectivity index (χ4n) is 3.14. The van der Waals surface area contributed by atoms with Crippen molar-refractivity contribution in [1.82, 2.24) is 4.90 Å². The van der Waals surface area contributed by atoms with Crippen molar-refractivity contribution in [2.75, 3.05) is 0 Å². The summed E-state index contributed by atoms with van der Waals surface area (Å²) in [6, 6.07) is 15.4. The first-order valence-electron chi connectivity index (χ1n) is 7.67. The van der Waals surface area contributed by atoms with Crippen molar-refractivity contribution in [2.45, 2.75) is 18.8 Å². The number of nitrogens with zero attached hydrogens (tertiary/aromatic N) is 1. The van der Waals surface area contributed by atoms with E-state index < -0.39 is 0 Å². The minimum absolute atomic E-state index is 0.0437. The molecule has 0 N–H and O–H groups in total. The second-order valence-corrected chi connectivity index (χ2v) is 6.70. The van der Waals surface area contributed by atoms with Crippen LogP contribution in [0.1, 0.15) is 39.3 Å². The van der Waals surface area contributed by atoms with Gasteiger partial charge in [-0.05, 0) is 17.2 Å². The molecule has 2 aliphatic heterocycles. The molecule has 4 nitrogen and oxygen atoms in total. The van der Waals surface area contributed by atoms with Crippen LogP contribution in [0.4, 0.5) is 0 Å². The Morgan fingerprint density at radius 3 is 2.62 bits per heavy atom. The Bertz CT molecular complexity index is 874. The number of hydrogen-bond acceptors (Lipinski definition) is 4. The van der Waals surface area contributed by atoms with Gasteiger partial charge in [0.2, 0.25) is 0 Å². The van der Waals surface area contributed by atoms with Gasteiger partial charge in [-0.1, -0.05) is 42.5 Å². The van der Waals surface area contributed by atoms with Gasteiger partial charge in [-0.2, -0.15) is 0 Å².